The average Bonchev–Trinajstić information content (AvgIpc) is 3.39. The number of hydrogen-bond acceptors (Lipinski definition) is 7. The average molecular weight is 547 g/mol. The third-order valence-corrected chi connectivity index (χ3v) is 6.27. The predicted molar refractivity (Wildman–Crippen MR) is 121 cm³/mol. The highest BCUT2D eigenvalue weighted by molar-refractivity contribution is 9.10. The van der Waals surface area contributed by atoms with Crippen LogP contribution in [0.25, 0.3) is 17.0 Å². The number of ether oxygens (including phenoxy) is 2. The van der Waals surface area contributed by atoms with Gasteiger partial charge in [-0.2, -0.15) is 28.4 Å². The lowest BCUT2D eigenvalue weighted by Gasteiger charge is -2.29. The maximum Gasteiger partial charge on any atom is 0.391 e. The summed E-state index contributed by atoms with van der Waals surface area (Å²) in [5, 5.41) is 8.61. The molecule has 0 saturated heterocycles. The van der Waals surface area contributed by atoms with E-state index in [9.17, 15) is 18.0 Å². The molecular weight excluding hydrogens is 521 g/mol. The molecule has 1 fully saturated rings. The third-order valence-electron chi connectivity index (χ3n) is 5.74. The van der Waals surface area contributed by atoms with Crippen LogP contribution in [0.15, 0.2) is 17.0 Å². The van der Waals surface area contributed by atoms with Gasteiger partial charge >= 0.3 is 12.1 Å². The van der Waals surface area contributed by atoms with Crippen molar-refractivity contribution in [1.29, 1.82) is 0 Å². The second-order valence-corrected chi connectivity index (χ2v) is 8.61. The number of rotatable bonds is 6. The zero-order chi connectivity index (χ0) is 23.8. The number of esters is 1. The molecule has 3 heterocycles. The highest BCUT2D eigenvalue weighted by Gasteiger charge is 2.41. The van der Waals surface area contributed by atoms with Crippen molar-refractivity contribution in [2.45, 2.75) is 52.8 Å². The molecule has 13 heteroatoms. The summed E-state index contributed by atoms with van der Waals surface area (Å²) in [6, 6.07) is 0. The molecule has 4 rings (SSSR count). The molecule has 0 N–H and O–H groups in total. The van der Waals surface area contributed by atoms with E-state index in [1.54, 1.807) is 11.6 Å². The molecule has 1 aliphatic carbocycles. The van der Waals surface area contributed by atoms with Gasteiger partial charge in [-0.15, -0.1) is 0 Å². The van der Waals surface area contributed by atoms with E-state index in [-0.39, 0.29) is 50.2 Å². The van der Waals surface area contributed by atoms with E-state index in [4.69, 9.17) is 9.47 Å². The minimum absolute atomic E-state index is 0. The van der Waals surface area contributed by atoms with E-state index in [0.29, 0.717) is 35.0 Å². The molecule has 3 aromatic heterocycles. The van der Waals surface area contributed by atoms with Gasteiger partial charge < -0.3 is 9.47 Å². The van der Waals surface area contributed by atoms with Crippen LogP contribution in [0, 0.1) is 11.8 Å². The molecule has 0 radical (unpaired) electrons. The molecule has 1 saturated carbocycles. The number of carbonyl (C=O) groups is 1. The lowest BCUT2D eigenvalue weighted by atomic mass is 9.81. The van der Waals surface area contributed by atoms with E-state index >= 15 is 0 Å². The van der Waals surface area contributed by atoms with Gasteiger partial charge in [0.15, 0.2) is 10.1 Å². The quantitative estimate of drug-likeness (QED) is 0.403. The lowest BCUT2D eigenvalue weighted by molar-refractivity contribution is -0.184. The highest BCUT2D eigenvalue weighted by Crippen LogP contribution is 2.40. The summed E-state index contributed by atoms with van der Waals surface area (Å²) in [5.41, 5.74) is 1.25. The fraction of sp³-hybridized carbons (Fsp3) is 0.571. The van der Waals surface area contributed by atoms with Crippen molar-refractivity contribution < 1.29 is 27.4 Å². The second-order valence-electron chi connectivity index (χ2n) is 7.86. The van der Waals surface area contributed by atoms with Gasteiger partial charge in [-0.05, 0) is 54.5 Å². The minimum Gasteiger partial charge on any atom is -0.479 e. The number of halogens is 4. The number of alkyl halides is 3. The molecule has 0 amide bonds. The zero-order valence-electron chi connectivity index (χ0n) is 18.0. The van der Waals surface area contributed by atoms with Gasteiger partial charge in [-0.3, -0.25) is 4.68 Å². The van der Waals surface area contributed by atoms with Crippen LogP contribution in [0.5, 0.6) is 5.88 Å². The standard InChI is InChI=1S/C20H22BrF3N6O3.CH4/c1-3-33-18(31)12-8-25-30(10-12)19-26-14-15(17(27-19)32-2)29(28-16(14)21)9-11-4-6-13(7-5-11)20(22,23)24;/h8,10-11,13H,3-7,9H2,1-2H3;1H4. The maximum atomic E-state index is 13.0. The summed E-state index contributed by atoms with van der Waals surface area (Å²) in [6.07, 6.45) is -0.158. The first-order valence-corrected chi connectivity index (χ1v) is 11.3. The fourth-order valence-corrected chi connectivity index (χ4v) is 4.52. The van der Waals surface area contributed by atoms with Gasteiger partial charge in [-0.25, -0.2) is 14.5 Å². The highest BCUT2D eigenvalue weighted by atomic mass is 79.9. The minimum atomic E-state index is -4.14. The molecule has 9 nitrogen and oxygen atoms in total. The summed E-state index contributed by atoms with van der Waals surface area (Å²) in [7, 11) is 1.46. The first-order valence-electron chi connectivity index (χ1n) is 10.5. The fourth-order valence-electron chi connectivity index (χ4n) is 4.05. The van der Waals surface area contributed by atoms with Crippen LogP contribution < -0.4 is 4.74 Å². The Morgan fingerprint density at radius 2 is 1.94 bits per heavy atom. The lowest BCUT2D eigenvalue weighted by Crippen LogP contribution is -2.29. The smallest absolute Gasteiger partial charge is 0.391 e. The number of nitrogens with zero attached hydrogens (tertiary/aromatic N) is 6. The number of aromatic nitrogens is 6. The zero-order valence-corrected chi connectivity index (χ0v) is 19.6. The van der Waals surface area contributed by atoms with Crippen LogP contribution in [-0.4, -0.2) is 55.4 Å². The van der Waals surface area contributed by atoms with Crippen LogP contribution in [-0.2, 0) is 11.3 Å². The summed E-state index contributed by atoms with van der Waals surface area (Å²) in [6.45, 7) is 2.38. The van der Waals surface area contributed by atoms with E-state index in [2.05, 4.69) is 36.1 Å². The summed E-state index contributed by atoms with van der Waals surface area (Å²) in [5.74, 6) is -1.28. The first-order chi connectivity index (χ1) is 15.7. The normalized spacial score (nSPS) is 18.5. The molecule has 1 aliphatic rings. The van der Waals surface area contributed by atoms with Crippen LogP contribution in [0.3, 0.4) is 0 Å². The van der Waals surface area contributed by atoms with Gasteiger partial charge in [0.2, 0.25) is 5.88 Å². The number of carbonyl (C=O) groups excluding carboxylic acids is 1. The molecule has 0 aliphatic heterocycles. The van der Waals surface area contributed by atoms with Gasteiger partial charge in [-0.1, -0.05) is 7.43 Å². The molecule has 34 heavy (non-hydrogen) atoms. The Kier molecular flexibility index (Phi) is 7.84. The van der Waals surface area contributed by atoms with E-state index in [1.165, 1.54) is 24.2 Å². The molecule has 0 unspecified atom stereocenters. The van der Waals surface area contributed by atoms with Crippen molar-refractivity contribution in [3.05, 3.63) is 22.6 Å². The number of hydrogen-bond donors (Lipinski definition) is 0. The van der Waals surface area contributed by atoms with Crippen molar-refractivity contribution in [1.82, 2.24) is 29.5 Å². The second kappa shape index (κ2) is 10.3. The Bertz CT molecular complexity index is 1150. The SMILES string of the molecule is C.CCOC(=O)c1cnn(-c2nc(OC)c3c(n2)c(Br)nn3CC2CCC(C(F)(F)F)CC2)c1. The Morgan fingerprint density at radius 1 is 1.24 bits per heavy atom. The molecular formula is C21H26BrF3N6O3. The van der Waals surface area contributed by atoms with E-state index < -0.39 is 18.1 Å². The topological polar surface area (TPSA) is 96.9 Å². The Labute approximate surface area is 202 Å². The molecule has 0 aromatic carbocycles. The van der Waals surface area contributed by atoms with Crippen LogP contribution in [0.1, 0.15) is 50.4 Å². The molecule has 0 bridgehead atoms. The van der Waals surface area contributed by atoms with Crippen molar-refractivity contribution >= 4 is 32.9 Å². The first kappa shape index (κ1) is 25.9. The van der Waals surface area contributed by atoms with Crippen molar-refractivity contribution in [2.75, 3.05) is 13.7 Å². The summed E-state index contributed by atoms with van der Waals surface area (Å²) >= 11 is 3.41. The molecule has 0 atom stereocenters. The third kappa shape index (κ3) is 5.18. The predicted octanol–water partition coefficient (Wildman–Crippen LogP) is 4.96. The molecule has 3 aromatic rings. The van der Waals surface area contributed by atoms with E-state index in [0.717, 1.165) is 0 Å². The van der Waals surface area contributed by atoms with Crippen molar-refractivity contribution in [2.24, 2.45) is 11.8 Å². The van der Waals surface area contributed by atoms with Crippen LogP contribution >= 0.6 is 15.9 Å². The molecule has 186 valence electrons. The van der Waals surface area contributed by atoms with E-state index in [1.807, 2.05) is 0 Å². The van der Waals surface area contributed by atoms with Crippen molar-refractivity contribution in [3.8, 4) is 11.8 Å². The number of fused-ring (bicyclic) bond motifs is 1. The van der Waals surface area contributed by atoms with Crippen LogP contribution in [0.2, 0.25) is 0 Å². The number of methoxy groups -OCH3 is 1. The molecule has 0 spiro atoms. The Morgan fingerprint density at radius 3 is 2.56 bits per heavy atom. The largest absolute Gasteiger partial charge is 0.479 e. The Hall–Kier alpha value is -2.70. The van der Waals surface area contributed by atoms with Gasteiger partial charge in [0.05, 0.1) is 31.4 Å². The summed E-state index contributed by atoms with van der Waals surface area (Å²) in [4.78, 5) is 20.8. The van der Waals surface area contributed by atoms with Gasteiger partial charge in [0.1, 0.15) is 5.52 Å². The maximum absolute atomic E-state index is 13.0. The Balaban J connectivity index is 0.00000324. The van der Waals surface area contributed by atoms with Gasteiger partial charge in [0, 0.05) is 12.7 Å². The van der Waals surface area contributed by atoms with Crippen LogP contribution in [0.4, 0.5) is 13.2 Å². The van der Waals surface area contributed by atoms with Crippen molar-refractivity contribution in [3.63, 3.8) is 0 Å². The summed E-state index contributed by atoms with van der Waals surface area (Å²) < 4.78 is 52.8. The van der Waals surface area contributed by atoms with Gasteiger partial charge in [0.25, 0.3) is 5.95 Å². The monoisotopic (exact) mass is 546 g/mol.